The molecule has 3 rings (SSSR count). The molecule has 1 unspecified atom stereocenters. The Morgan fingerprint density at radius 2 is 1.93 bits per heavy atom. The van der Waals surface area contributed by atoms with Gasteiger partial charge >= 0.3 is 5.97 Å². The van der Waals surface area contributed by atoms with Gasteiger partial charge in [-0.2, -0.15) is 0 Å². The Hall–Kier alpha value is -2.89. The number of nitrogens with zero attached hydrogens (tertiary/aromatic N) is 2. The van der Waals surface area contributed by atoms with Gasteiger partial charge in [-0.05, 0) is 35.6 Å². The van der Waals surface area contributed by atoms with Crippen LogP contribution in [0, 0.1) is 11.7 Å². The highest BCUT2D eigenvalue weighted by Gasteiger charge is 2.15. The van der Waals surface area contributed by atoms with E-state index >= 15 is 0 Å². The van der Waals surface area contributed by atoms with E-state index in [4.69, 9.17) is 9.84 Å². The van der Waals surface area contributed by atoms with Crippen molar-refractivity contribution in [3.8, 4) is 5.75 Å². The van der Waals surface area contributed by atoms with Crippen LogP contribution >= 0.6 is 0 Å². The van der Waals surface area contributed by atoms with E-state index in [1.54, 1.807) is 12.3 Å². The Kier molecular flexibility index (Phi) is 5.97. The predicted molar refractivity (Wildman–Crippen MR) is 106 cm³/mol. The van der Waals surface area contributed by atoms with Crippen LogP contribution in [0.25, 0.3) is 11.0 Å². The molecule has 0 aliphatic heterocycles. The summed E-state index contributed by atoms with van der Waals surface area (Å²) < 4.78 is 22.2. The zero-order chi connectivity index (χ0) is 20.3. The number of benzene rings is 1. The molecule has 1 N–H and O–H groups in total. The minimum Gasteiger partial charge on any atom is -0.489 e. The molecule has 6 heteroatoms. The van der Waals surface area contributed by atoms with Crippen molar-refractivity contribution in [3.63, 3.8) is 0 Å². The van der Waals surface area contributed by atoms with Crippen molar-refractivity contribution in [3.05, 3.63) is 59.7 Å². The second-order valence-corrected chi connectivity index (χ2v) is 7.55. The largest absolute Gasteiger partial charge is 0.489 e. The summed E-state index contributed by atoms with van der Waals surface area (Å²) in [5.74, 6) is -0.139. The van der Waals surface area contributed by atoms with Gasteiger partial charge in [-0.25, -0.2) is 9.37 Å². The second kappa shape index (κ2) is 8.42. The van der Waals surface area contributed by atoms with Crippen molar-refractivity contribution in [1.29, 1.82) is 0 Å². The van der Waals surface area contributed by atoms with Crippen LogP contribution in [0.5, 0.6) is 5.75 Å². The molecule has 0 aliphatic rings. The van der Waals surface area contributed by atoms with Gasteiger partial charge in [0.05, 0.1) is 11.8 Å². The molecule has 0 aliphatic carbocycles. The molecule has 0 bridgehead atoms. The highest BCUT2D eigenvalue weighted by molar-refractivity contribution is 5.80. The molecular weight excluding hydrogens is 359 g/mol. The summed E-state index contributed by atoms with van der Waals surface area (Å²) in [6, 6.07) is 9.13. The number of carboxylic acids is 1. The van der Waals surface area contributed by atoms with Gasteiger partial charge in [0.25, 0.3) is 0 Å². The number of aliphatic carboxylic acids is 1. The summed E-state index contributed by atoms with van der Waals surface area (Å²) in [4.78, 5) is 15.2. The van der Waals surface area contributed by atoms with Gasteiger partial charge in [-0.15, -0.1) is 0 Å². The molecule has 3 aromatic rings. The number of ether oxygens (including phenoxy) is 1. The number of carboxylic acid groups (broad SMARTS) is 1. The van der Waals surface area contributed by atoms with Crippen LogP contribution in [-0.2, 0) is 17.9 Å². The van der Waals surface area contributed by atoms with E-state index in [-0.39, 0.29) is 24.8 Å². The number of rotatable bonds is 8. The maximum Gasteiger partial charge on any atom is 0.303 e. The van der Waals surface area contributed by atoms with E-state index in [0.29, 0.717) is 29.2 Å². The SMILES string of the molecule is CC(C)Cn1cc(F)c2c(COc3ccc(C(C)CC(=O)O)cc3)ccnc21. The quantitative estimate of drug-likeness (QED) is 0.594. The van der Waals surface area contributed by atoms with Crippen molar-refractivity contribution < 1.29 is 19.0 Å². The fraction of sp³-hybridized carbons (Fsp3) is 0.364. The van der Waals surface area contributed by atoms with Gasteiger partial charge in [-0.3, -0.25) is 4.79 Å². The first-order chi connectivity index (χ1) is 13.3. The van der Waals surface area contributed by atoms with Gasteiger partial charge in [0.15, 0.2) is 5.82 Å². The number of hydrogen-bond donors (Lipinski definition) is 1. The number of halogens is 1. The first kappa shape index (κ1) is 19.9. The van der Waals surface area contributed by atoms with Crippen LogP contribution in [-0.4, -0.2) is 20.6 Å². The smallest absolute Gasteiger partial charge is 0.303 e. The summed E-state index contributed by atoms with van der Waals surface area (Å²) in [5, 5.41) is 9.40. The van der Waals surface area contributed by atoms with Crippen LogP contribution in [0.3, 0.4) is 0 Å². The third-order valence-corrected chi connectivity index (χ3v) is 4.68. The Morgan fingerprint density at radius 1 is 1.21 bits per heavy atom. The lowest BCUT2D eigenvalue weighted by molar-refractivity contribution is -0.137. The van der Waals surface area contributed by atoms with Crippen molar-refractivity contribution in [2.75, 3.05) is 0 Å². The fourth-order valence-electron chi connectivity index (χ4n) is 3.32. The minimum absolute atomic E-state index is 0.0683. The molecule has 148 valence electrons. The number of carbonyl (C=O) groups is 1. The summed E-state index contributed by atoms with van der Waals surface area (Å²) in [5.41, 5.74) is 2.32. The predicted octanol–water partition coefficient (Wildman–Crippen LogP) is 4.99. The number of fused-ring (bicyclic) bond motifs is 1. The number of pyridine rings is 1. The molecular formula is C22H25FN2O3. The van der Waals surface area contributed by atoms with E-state index in [2.05, 4.69) is 18.8 Å². The molecule has 0 spiro atoms. The molecule has 0 amide bonds. The molecule has 28 heavy (non-hydrogen) atoms. The monoisotopic (exact) mass is 384 g/mol. The van der Waals surface area contributed by atoms with Crippen LogP contribution < -0.4 is 4.74 Å². The van der Waals surface area contributed by atoms with E-state index < -0.39 is 5.97 Å². The van der Waals surface area contributed by atoms with E-state index in [1.807, 2.05) is 35.8 Å². The Labute approximate surface area is 163 Å². The first-order valence-electron chi connectivity index (χ1n) is 9.42. The summed E-state index contributed by atoms with van der Waals surface area (Å²) >= 11 is 0. The van der Waals surface area contributed by atoms with Gasteiger partial charge in [0.1, 0.15) is 18.0 Å². The first-order valence-corrected chi connectivity index (χ1v) is 9.42. The van der Waals surface area contributed by atoms with Gasteiger partial charge < -0.3 is 14.4 Å². The number of hydrogen-bond acceptors (Lipinski definition) is 3. The number of aromatic nitrogens is 2. The second-order valence-electron chi connectivity index (χ2n) is 7.55. The third kappa shape index (κ3) is 4.50. The van der Waals surface area contributed by atoms with Gasteiger partial charge in [0.2, 0.25) is 0 Å². The van der Waals surface area contributed by atoms with Crippen molar-refractivity contribution in [1.82, 2.24) is 9.55 Å². The topological polar surface area (TPSA) is 64.3 Å². The zero-order valence-electron chi connectivity index (χ0n) is 16.4. The van der Waals surface area contributed by atoms with Gasteiger partial charge in [0, 0.05) is 24.5 Å². The molecule has 1 aromatic carbocycles. The lowest BCUT2D eigenvalue weighted by Crippen LogP contribution is -2.04. The van der Waals surface area contributed by atoms with E-state index in [9.17, 15) is 9.18 Å². The summed E-state index contributed by atoms with van der Waals surface area (Å²) in [7, 11) is 0. The molecule has 5 nitrogen and oxygen atoms in total. The van der Waals surface area contributed by atoms with Crippen LogP contribution in [0.4, 0.5) is 4.39 Å². The molecule has 2 aromatic heterocycles. The van der Waals surface area contributed by atoms with E-state index in [1.165, 1.54) is 6.20 Å². The Bertz CT molecular complexity index is 964. The van der Waals surface area contributed by atoms with Crippen LogP contribution in [0.2, 0.25) is 0 Å². The summed E-state index contributed by atoms with van der Waals surface area (Å²) in [6.45, 7) is 6.97. The fourth-order valence-corrected chi connectivity index (χ4v) is 3.32. The highest BCUT2D eigenvalue weighted by Crippen LogP contribution is 2.26. The average Bonchev–Trinajstić information content (AvgIpc) is 2.95. The lowest BCUT2D eigenvalue weighted by atomic mass is 9.98. The zero-order valence-corrected chi connectivity index (χ0v) is 16.4. The van der Waals surface area contributed by atoms with Gasteiger partial charge in [-0.1, -0.05) is 32.9 Å². The summed E-state index contributed by atoms with van der Waals surface area (Å²) in [6.07, 6.45) is 3.26. The molecule has 0 saturated carbocycles. The van der Waals surface area contributed by atoms with Crippen molar-refractivity contribution >= 4 is 17.0 Å². The molecule has 0 fully saturated rings. The molecule has 2 heterocycles. The maximum atomic E-state index is 14.5. The Morgan fingerprint density at radius 3 is 2.57 bits per heavy atom. The Balaban J connectivity index is 1.75. The normalized spacial score (nSPS) is 12.5. The van der Waals surface area contributed by atoms with E-state index in [0.717, 1.165) is 11.1 Å². The minimum atomic E-state index is -0.819. The average molecular weight is 384 g/mol. The van der Waals surface area contributed by atoms with Crippen LogP contribution in [0.15, 0.2) is 42.7 Å². The van der Waals surface area contributed by atoms with Crippen molar-refractivity contribution in [2.24, 2.45) is 5.92 Å². The molecule has 0 saturated heterocycles. The molecule has 0 radical (unpaired) electrons. The highest BCUT2D eigenvalue weighted by atomic mass is 19.1. The lowest BCUT2D eigenvalue weighted by Gasteiger charge is -2.12. The molecule has 1 atom stereocenters. The van der Waals surface area contributed by atoms with Crippen molar-refractivity contribution in [2.45, 2.75) is 46.3 Å². The third-order valence-electron chi connectivity index (χ3n) is 4.68. The maximum absolute atomic E-state index is 14.5. The van der Waals surface area contributed by atoms with Crippen LogP contribution in [0.1, 0.15) is 44.2 Å². The standard InChI is InChI=1S/C22H25FN2O3/c1-14(2)11-25-12-19(23)21-17(8-9-24-22(21)25)13-28-18-6-4-16(5-7-18)15(3)10-20(26)27/h4-9,12,14-15H,10-11,13H2,1-3H3,(H,26,27).